The predicted molar refractivity (Wildman–Crippen MR) is 118 cm³/mol. The van der Waals surface area contributed by atoms with Gasteiger partial charge in [-0.2, -0.15) is 0 Å². The van der Waals surface area contributed by atoms with Crippen molar-refractivity contribution in [1.82, 2.24) is 9.97 Å². The number of hydrogen-bond donors (Lipinski definition) is 1. The average Bonchev–Trinajstić information content (AvgIpc) is 3.28. The second kappa shape index (κ2) is 10.5. The smallest absolute Gasteiger partial charge is 0.341 e. The van der Waals surface area contributed by atoms with Crippen LogP contribution in [0.25, 0.3) is 0 Å². The van der Waals surface area contributed by atoms with Gasteiger partial charge in [-0.15, -0.1) is 0 Å². The number of esters is 1. The molecule has 3 rings (SSSR count). The van der Waals surface area contributed by atoms with Crippen molar-refractivity contribution in [3.63, 3.8) is 0 Å². The maximum absolute atomic E-state index is 12.6. The van der Waals surface area contributed by atoms with Gasteiger partial charge in [-0.25, -0.2) is 14.8 Å². The first kappa shape index (κ1) is 23.6. The van der Waals surface area contributed by atoms with Crippen LogP contribution in [0, 0.1) is 6.92 Å². The van der Waals surface area contributed by atoms with Crippen molar-refractivity contribution in [2.45, 2.75) is 20.3 Å². The minimum Gasteiger partial charge on any atom is -0.496 e. The minimum atomic E-state index is -0.529. The second-order valence-corrected chi connectivity index (χ2v) is 6.82. The van der Waals surface area contributed by atoms with Crippen molar-refractivity contribution in [2.75, 3.05) is 33.3 Å². The van der Waals surface area contributed by atoms with Crippen molar-refractivity contribution in [3.05, 3.63) is 58.8 Å². The summed E-state index contributed by atoms with van der Waals surface area (Å²) in [4.78, 5) is 32.6. The van der Waals surface area contributed by atoms with Crippen LogP contribution in [-0.4, -0.2) is 49.8 Å². The van der Waals surface area contributed by atoms with Gasteiger partial charge in [-0.05, 0) is 26.0 Å². The molecule has 1 N–H and O–H groups in total. The molecule has 0 saturated carbocycles. The van der Waals surface area contributed by atoms with E-state index in [1.165, 1.54) is 6.20 Å². The first-order chi connectivity index (χ1) is 15.9. The molecule has 2 aromatic heterocycles. The normalized spacial score (nSPS) is 10.5. The van der Waals surface area contributed by atoms with E-state index in [1.807, 2.05) is 0 Å². The van der Waals surface area contributed by atoms with E-state index in [0.717, 1.165) is 5.56 Å². The molecule has 0 atom stereocenters. The minimum absolute atomic E-state index is 0.0435. The number of hydrogen-bond acceptors (Lipinski definition) is 9. The SMILES string of the molecule is CCOC(=O)c1cnc(NC(=O)c2ccc(Cc3c(OC)cc(OC)cc3OC)o2)nc1C. The fourth-order valence-corrected chi connectivity index (χ4v) is 3.12. The fourth-order valence-electron chi connectivity index (χ4n) is 3.12. The number of methoxy groups -OCH3 is 3. The van der Waals surface area contributed by atoms with Crippen molar-refractivity contribution in [3.8, 4) is 17.2 Å². The Balaban J connectivity index is 1.75. The molecule has 174 valence electrons. The highest BCUT2D eigenvalue weighted by atomic mass is 16.5. The van der Waals surface area contributed by atoms with Crippen LogP contribution in [0.15, 0.2) is 34.9 Å². The Morgan fingerprint density at radius 3 is 2.33 bits per heavy atom. The first-order valence-electron chi connectivity index (χ1n) is 10.1. The van der Waals surface area contributed by atoms with Gasteiger partial charge in [-0.1, -0.05) is 0 Å². The highest BCUT2D eigenvalue weighted by Crippen LogP contribution is 2.35. The third kappa shape index (κ3) is 5.40. The number of rotatable bonds is 9. The number of anilines is 1. The van der Waals surface area contributed by atoms with Gasteiger partial charge >= 0.3 is 5.97 Å². The van der Waals surface area contributed by atoms with E-state index in [4.69, 9.17) is 23.4 Å². The number of ether oxygens (including phenoxy) is 4. The molecular weight excluding hydrogens is 430 g/mol. The van der Waals surface area contributed by atoms with E-state index in [2.05, 4.69) is 15.3 Å². The summed E-state index contributed by atoms with van der Waals surface area (Å²) in [6.45, 7) is 3.58. The molecule has 33 heavy (non-hydrogen) atoms. The zero-order chi connectivity index (χ0) is 24.0. The van der Waals surface area contributed by atoms with Gasteiger partial charge in [0, 0.05) is 30.3 Å². The van der Waals surface area contributed by atoms with Crippen molar-refractivity contribution < 1.29 is 33.0 Å². The molecule has 0 radical (unpaired) electrons. The molecule has 0 saturated heterocycles. The van der Waals surface area contributed by atoms with Crippen LogP contribution in [-0.2, 0) is 11.2 Å². The standard InChI is InChI=1S/C23H25N3O7/c1-6-32-22(28)17-12-24-23(25-13(17)2)26-21(27)18-8-7-14(33-18)9-16-19(30-4)10-15(29-3)11-20(16)31-5/h7-8,10-12H,6,9H2,1-5H3,(H,24,25,26,27). The average molecular weight is 455 g/mol. The van der Waals surface area contributed by atoms with E-state index in [-0.39, 0.29) is 23.9 Å². The van der Waals surface area contributed by atoms with Gasteiger partial charge in [0.05, 0.1) is 39.2 Å². The summed E-state index contributed by atoms with van der Waals surface area (Å²) in [7, 11) is 4.66. The van der Waals surface area contributed by atoms with Crippen LogP contribution in [0.5, 0.6) is 17.2 Å². The summed E-state index contributed by atoms with van der Waals surface area (Å²) in [6, 6.07) is 6.73. The van der Waals surface area contributed by atoms with Crippen LogP contribution >= 0.6 is 0 Å². The van der Waals surface area contributed by atoms with Crippen molar-refractivity contribution in [1.29, 1.82) is 0 Å². The summed E-state index contributed by atoms with van der Waals surface area (Å²) in [5.74, 6) is 1.33. The van der Waals surface area contributed by atoms with Gasteiger partial charge < -0.3 is 23.4 Å². The third-order valence-electron chi connectivity index (χ3n) is 4.75. The Bertz CT molecular complexity index is 1130. The lowest BCUT2D eigenvalue weighted by Crippen LogP contribution is -2.15. The highest BCUT2D eigenvalue weighted by molar-refractivity contribution is 6.01. The summed E-state index contributed by atoms with van der Waals surface area (Å²) in [6.07, 6.45) is 1.64. The lowest BCUT2D eigenvalue weighted by molar-refractivity contribution is 0.0524. The molecule has 10 heteroatoms. The topological polar surface area (TPSA) is 122 Å². The largest absolute Gasteiger partial charge is 0.496 e. The van der Waals surface area contributed by atoms with E-state index in [0.29, 0.717) is 35.1 Å². The van der Waals surface area contributed by atoms with Crippen LogP contribution in [0.4, 0.5) is 5.95 Å². The molecule has 1 amide bonds. The summed E-state index contributed by atoms with van der Waals surface area (Å²) < 4.78 is 26.8. The lowest BCUT2D eigenvalue weighted by atomic mass is 10.1. The maximum Gasteiger partial charge on any atom is 0.341 e. The molecule has 0 aliphatic rings. The van der Waals surface area contributed by atoms with Crippen LogP contribution in [0.3, 0.4) is 0 Å². The number of nitrogens with one attached hydrogen (secondary N) is 1. The molecule has 1 aromatic carbocycles. The third-order valence-corrected chi connectivity index (χ3v) is 4.75. The van der Waals surface area contributed by atoms with Crippen LogP contribution in [0.2, 0.25) is 0 Å². The molecule has 0 fully saturated rings. The summed E-state index contributed by atoms with van der Waals surface area (Å²) in [5, 5.41) is 2.56. The Hall–Kier alpha value is -4.08. The number of amides is 1. The molecule has 0 unspecified atom stereocenters. The maximum atomic E-state index is 12.6. The highest BCUT2D eigenvalue weighted by Gasteiger charge is 2.19. The van der Waals surface area contributed by atoms with Gasteiger partial charge in [0.25, 0.3) is 5.91 Å². The second-order valence-electron chi connectivity index (χ2n) is 6.82. The Morgan fingerprint density at radius 1 is 1.06 bits per heavy atom. The Morgan fingerprint density at radius 2 is 1.76 bits per heavy atom. The van der Waals surface area contributed by atoms with E-state index >= 15 is 0 Å². The Labute approximate surface area is 190 Å². The number of carbonyl (C=O) groups excluding carboxylic acids is 2. The van der Waals surface area contributed by atoms with E-state index in [9.17, 15) is 9.59 Å². The number of nitrogens with zero attached hydrogens (tertiary/aromatic N) is 2. The van der Waals surface area contributed by atoms with Gasteiger partial charge in [0.2, 0.25) is 5.95 Å². The molecule has 0 aliphatic carbocycles. The molecule has 0 aliphatic heterocycles. The van der Waals surface area contributed by atoms with E-state index < -0.39 is 11.9 Å². The number of carbonyl (C=O) groups is 2. The Kier molecular flexibility index (Phi) is 7.50. The summed E-state index contributed by atoms with van der Waals surface area (Å²) >= 11 is 0. The lowest BCUT2D eigenvalue weighted by Gasteiger charge is -2.14. The van der Waals surface area contributed by atoms with Gasteiger partial charge in [0.15, 0.2) is 5.76 Å². The van der Waals surface area contributed by atoms with Gasteiger partial charge in [-0.3, -0.25) is 10.1 Å². The first-order valence-corrected chi connectivity index (χ1v) is 10.1. The molecule has 10 nitrogen and oxygen atoms in total. The fraction of sp³-hybridized carbons (Fsp3) is 0.304. The summed E-state index contributed by atoms with van der Waals surface area (Å²) in [5.41, 5.74) is 1.37. The molecular formula is C23H25N3O7. The number of furan rings is 1. The van der Waals surface area contributed by atoms with Gasteiger partial charge in [0.1, 0.15) is 23.0 Å². The van der Waals surface area contributed by atoms with Crippen LogP contribution < -0.4 is 19.5 Å². The van der Waals surface area contributed by atoms with E-state index in [1.54, 1.807) is 59.4 Å². The molecule has 0 bridgehead atoms. The quantitative estimate of drug-likeness (QED) is 0.484. The zero-order valence-electron chi connectivity index (χ0n) is 19.1. The molecule has 2 heterocycles. The van der Waals surface area contributed by atoms with Crippen molar-refractivity contribution >= 4 is 17.8 Å². The number of aryl methyl sites for hydroxylation is 1. The monoisotopic (exact) mass is 455 g/mol. The van der Waals surface area contributed by atoms with Crippen molar-refractivity contribution in [2.24, 2.45) is 0 Å². The number of benzene rings is 1. The predicted octanol–water partition coefficient (Wildman–Crippen LogP) is 3.42. The zero-order valence-corrected chi connectivity index (χ0v) is 19.1. The molecule has 0 spiro atoms. The number of aromatic nitrogens is 2. The van der Waals surface area contributed by atoms with Crippen LogP contribution in [0.1, 0.15) is 44.9 Å². The molecule has 3 aromatic rings.